The minimum Gasteiger partial charge on any atom is -0.481 e. The third-order valence-corrected chi connectivity index (χ3v) is 2.74. The Bertz CT molecular complexity index is 354. The summed E-state index contributed by atoms with van der Waals surface area (Å²) >= 11 is 0. The van der Waals surface area contributed by atoms with Crippen LogP contribution >= 0.6 is 0 Å². The number of aromatic nitrogens is 1. The Hall–Kier alpha value is -1.42. The monoisotopic (exact) mass is 266 g/mol. The van der Waals surface area contributed by atoms with Gasteiger partial charge in [0.15, 0.2) is 0 Å². The number of aliphatic carboxylic acids is 1. The Morgan fingerprint density at radius 1 is 1.37 bits per heavy atom. The van der Waals surface area contributed by atoms with E-state index in [0.29, 0.717) is 6.54 Å². The van der Waals surface area contributed by atoms with Gasteiger partial charge in [-0.1, -0.05) is 33.3 Å². The summed E-state index contributed by atoms with van der Waals surface area (Å²) in [5, 5.41) is 12.1. The van der Waals surface area contributed by atoms with Gasteiger partial charge in [-0.15, -0.1) is 0 Å². The van der Waals surface area contributed by atoms with E-state index in [1.807, 2.05) is 32.0 Å². The Morgan fingerprint density at radius 2 is 2.00 bits per heavy atom. The van der Waals surface area contributed by atoms with Crippen LogP contribution in [0.5, 0.6) is 0 Å². The molecule has 0 aliphatic rings. The topological polar surface area (TPSA) is 62.2 Å². The number of hydrogen-bond acceptors (Lipinski definition) is 3. The quantitative estimate of drug-likeness (QED) is 0.829. The van der Waals surface area contributed by atoms with Gasteiger partial charge in [0.05, 0.1) is 12.1 Å². The molecule has 1 aromatic heterocycles. The van der Waals surface area contributed by atoms with Crippen molar-refractivity contribution in [1.82, 2.24) is 10.3 Å². The molecule has 2 N–H and O–H groups in total. The van der Waals surface area contributed by atoms with Crippen LogP contribution in [0.1, 0.15) is 52.7 Å². The van der Waals surface area contributed by atoms with Gasteiger partial charge in [-0.2, -0.15) is 0 Å². The molecule has 0 aliphatic heterocycles. The highest BCUT2D eigenvalue weighted by Crippen LogP contribution is 2.14. The zero-order valence-corrected chi connectivity index (χ0v) is 12.4. The summed E-state index contributed by atoms with van der Waals surface area (Å²) in [5.41, 5.74) is 0.552. The summed E-state index contributed by atoms with van der Waals surface area (Å²) in [5.74, 6) is -0.780. The number of nitrogens with one attached hydrogen (secondary N) is 1. The first-order valence-electron chi connectivity index (χ1n) is 6.84. The lowest BCUT2D eigenvalue weighted by molar-refractivity contribution is -0.138. The minimum atomic E-state index is -0.780. The number of carbonyl (C=O) groups is 1. The molecule has 0 aliphatic carbocycles. The van der Waals surface area contributed by atoms with E-state index in [-0.39, 0.29) is 12.0 Å². The van der Waals surface area contributed by atoms with Gasteiger partial charge >= 0.3 is 5.97 Å². The summed E-state index contributed by atoms with van der Waals surface area (Å²) in [6.07, 6.45) is 3.87. The van der Waals surface area contributed by atoms with Crippen molar-refractivity contribution < 1.29 is 9.90 Å². The number of carboxylic acids is 1. The fourth-order valence-electron chi connectivity index (χ4n) is 1.45. The van der Waals surface area contributed by atoms with Crippen LogP contribution < -0.4 is 5.32 Å². The number of carboxylic acid groups (broad SMARTS) is 1. The van der Waals surface area contributed by atoms with Crippen molar-refractivity contribution in [3.8, 4) is 0 Å². The fraction of sp³-hybridized carbons (Fsp3) is 0.600. The number of pyridine rings is 1. The third-order valence-electron chi connectivity index (χ3n) is 2.74. The Labute approximate surface area is 116 Å². The fourth-order valence-corrected chi connectivity index (χ4v) is 1.45. The summed E-state index contributed by atoms with van der Waals surface area (Å²) in [4.78, 5) is 14.9. The van der Waals surface area contributed by atoms with E-state index in [1.54, 1.807) is 6.20 Å². The molecule has 0 saturated carbocycles. The average molecular weight is 266 g/mol. The van der Waals surface area contributed by atoms with Crippen LogP contribution in [0.2, 0.25) is 0 Å². The van der Waals surface area contributed by atoms with E-state index in [4.69, 9.17) is 5.11 Å². The molecule has 1 atom stereocenters. The lowest BCUT2D eigenvalue weighted by Gasteiger charge is -2.27. The van der Waals surface area contributed by atoms with Crippen molar-refractivity contribution >= 4 is 5.97 Å². The van der Waals surface area contributed by atoms with E-state index < -0.39 is 5.97 Å². The standard InChI is InChI=1S/C12H18N2O2.C3H8/c1-3-12(2,8-11(15)16)14-9-10-6-4-5-7-13-10;1-3-2/h4-7,14H,3,8-9H2,1-2H3,(H,15,16);3H2,1-2H3. The summed E-state index contributed by atoms with van der Waals surface area (Å²) in [6.45, 7) is 8.75. The predicted octanol–water partition coefficient (Wildman–Crippen LogP) is 3.23. The van der Waals surface area contributed by atoms with Crippen molar-refractivity contribution in [3.05, 3.63) is 30.1 Å². The van der Waals surface area contributed by atoms with Gasteiger partial charge in [0.1, 0.15) is 0 Å². The smallest absolute Gasteiger partial charge is 0.305 e. The summed E-state index contributed by atoms with van der Waals surface area (Å²) < 4.78 is 0. The highest BCUT2D eigenvalue weighted by Gasteiger charge is 2.24. The van der Waals surface area contributed by atoms with Crippen molar-refractivity contribution in [1.29, 1.82) is 0 Å². The van der Waals surface area contributed by atoms with Crippen LogP contribution in [-0.2, 0) is 11.3 Å². The first-order valence-corrected chi connectivity index (χ1v) is 6.84. The van der Waals surface area contributed by atoms with Crippen molar-refractivity contribution in [2.45, 2.75) is 59.0 Å². The second kappa shape index (κ2) is 9.50. The normalized spacial score (nSPS) is 13.1. The number of hydrogen-bond donors (Lipinski definition) is 2. The molecule has 1 heterocycles. The molecule has 4 nitrogen and oxygen atoms in total. The predicted molar refractivity (Wildman–Crippen MR) is 78.0 cm³/mol. The molecule has 1 unspecified atom stereocenters. The number of rotatable bonds is 6. The van der Waals surface area contributed by atoms with Crippen LogP contribution in [0.4, 0.5) is 0 Å². The van der Waals surface area contributed by atoms with Crippen molar-refractivity contribution in [2.24, 2.45) is 0 Å². The van der Waals surface area contributed by atoms with Gasteiger partial charge in [0.25, 0.3) is 0 Å². The lowest BCUT2D eigenvalue weighted by Crippen LogP contribution is -2.43. The molecule has 19 heavy (non-hydrogen) atoms. The van der Waals surface area contributed by atoms with Crippen molar-refractivity contribution in [3.63, 3.8) is 0 Å². The van der Waals surface area contributed by atoms with E-state index in [2.05, 4.69) is 24.1 Å². The zero-order valence-electron chi connectivity index (χ0n) is 12.4. The Kier molecular flexibility index (Phi) is 8.79. The second-order valence-corrected chi connectivity index (χ2v) is 4.87. The minimum absolute atomic E-state index is 0.121. The molecule has 4 heteroatoms. The van der Waals surface area contributed by atoms with Crippen LogP contribution in [0, 0.1) is 0 Å². The maximum Gasteiger partial charge on any atom is 0.305 e. The van der Waals surface area contributed by atoms with Crippen LogP contribution in [-0.4, -0.2) is 21.6 Å². The summed E-state index contributed by atoms with van der Waals surface area (Å²) in [7, 11) is 0. The molecule has 0 aromatic carbocycles. The van der Waals surface area contributed by atoms with E-state index in [0.717, 1.165) is 12.1 Å². The van der Waals surface area contributed by atoms with Gasteiger partial charge in [-0.25, -0.2) is 0 Å². The SMILES string of the molecule is CCC.CCC(C)(CC(=O)O)NCc1ccccn1. The van der Waals surface area contributed by atoms with Gasteiger partial charge in [-0.3, -0.25) is 9.78 Å². The average Bonchev–Trinajstić information content (AvgIpc) is 2.38. The van der Waals surface area contributed by atoms with Crippen molar-refractivity contribution in [2.75, 3.05) is 0 Å². The maximum atomic E-state index is 10.7. The molecule has 0 bridgehead atoms. The molecule has 1 aromatic rings. The lowest BCUT2D eigenvalue weighted by atomic mass is 9.94. The molecule has 1 rings (SSSR count). The molecule has 108 valence electrons. The maximum absolute atomic E-state index is 10.7. The van der Waals surface area contributed by atoms with E-state index >= 15 is 0 Å². The molecule has 0 radical (unpaired) electrons. The molecule has 0 fully saturated rings. The second-order valence-electron chi connectivity index (χ2n) is 4.87. The van der Waals surface area contributed by atoms with E-state index in [1.165, 1.54) is 6.42 Å². The number of nitrogens with zero attached hydrogens (tertiary/aromatic N) is 1. The highest BCUT2D eigenvalue weighted by molar-refractivity contribution is 5.68. The van der Waals surface area contributed by atoms with E-state index in [9.17, 15) is 4.79 Å². The third kappa shape index (κ3) is 8.32. The van der Waals surface area contributed by atoms with Gasteiger partial charge in [-0.05, 0) is 25.5 Å². The Morgan fingerprint density at radius 3 is 2.42 bits per heavy atom. The van der Waals surface area contributed by atoms with Crippen LogP contribution in [0.3, 0.4) is 0 Å². The first-order chi connectivity index (χ1) is 8.97. The largest absolute Gasteiger partial charge is 0.481 e. The molecule has 0 spiro atoms. The molecular weight excluding hydrogens is 240 g/mol. The van der Waals surface area contributed by atoms with Gasteiger partial charge < -0.3 is 10.4 Å². The Balaban J connectivity index is 0.000000982. The molecular formula is C15H26N2O2. The van der Waals surface area contributed by atoms with Crippen LogP contribution in [0.25, 0.3) is 0 Å². The summed E-state index contributed by atoms with van der Waals surface area (Å²) in [6, 6.07) is 5.70. The zero-order chi connectivity index (χ0) is 14.7. The van der Waals surface area contributed by atoms with Gasteiger partial charge in [0.2, 0.25) is 0 Å². The highest BCUT2D eigenvalue weighted by atomic mass is 16.4. The molecule has 0 saturated heterocycles. The van der Waals surface area contributed by atoms with Crippen LogP contribution in [0.15, 0.2) is 24.4 Å². The van der Waals surface area contributed by atoms with Gasteiger partial charge in [0, 0.05) is 18.3 Å². The molecule has 0 amide bonds. The first kappa shape index (κ1) is 17.6.